The van der Waals surface area contributed by atoms with Crippen LogP contribution in [0.5, 0.6) is 5.75 Å². The minimum absolute atomic E-state index is 0.193. The van der Waals surface area contributed by atoms with E-state index in [0.29, 0.717) is 18.0 Å². The zero-order valence-corrected chi connectivity index (χ0v) is 12.1. The van der Waals surface area contributed by atoms with E-state index in [1.165, 1.54) is 7.11 Å². The number of hydrogen-bond donors (Lipinski definition) is 3. The third-order valence-electron chi connectivity index (χ3n) is 2.62. The van der Waals surface area contributed by atoms with Crippen LogP contribution in [0, 0.1) is 0 Å². The maximum Gasteiger partial charge on any atom is 0.326 e. The minimum atomic E-state index is -1.11. The van der Waals surface area contributed by atoms with Gasteiger partial charge in [-0.05, 0) is 19.1 Å². The van der Waals surface area contributed by atoms with Gasteiger partial charge in [-0.25, -0.2) is 9.59 Å². The summed E-state index contributed by atoms with van der Waals surface area (Å²) in [5.74, 6) is -0.477. The van der Waals surface area contributed by atoms with Gasteiger partial charge in [-0.15, -0.1) is 0 Å². The predicted octanol–water partition coefficient (Wildman–Crippen LogP) is 1.70. The van der Waals surface area contributed by atoms with Crippen molar-refractivity contribution in [3.8, 4) is 5.75 Å². The standard InChI is InChI=1S/C14H20N2O5/c1-3-21-11-6-4-5-10(9-11)15-14(19)16-12(13(17)18)7-8-20-2/h4-6,9,12H,3,7-8H2,1-2H3,(H,17,18)(H2,15,16,19). The smallest absolute Gasteiger partial charge is 0.326 e. The van der Waals surface area contributed by atoms with Crippen molar-refractivity contribution in [3.05, 3.63) is 24.3 Å². The summed E-state index contributed by atoms with van der Waals surface area (Å²) in [6.45, 7) is 2.63. The Morgan fingerprint density at radius 1 is 1.38 bits per heavy atom. The average molecular weight is 296 g/mol. The van der Waals surface area contributed by atoms with E-state index < -0.39 is 18.0 Å². The number of methoxy groups -OCH3 is 1. The molecule has 0 bridgehead atoms. The van der Waals surface area contributed by atoms with E-state index in [2.05, 4.69) is 10.6 Å². The van der Waals surface area contributed by atoms with Crippen LogP contribution in [0.2, 0.25) is 0 Å². The lowest BCUT2D eigenvalue weighted by Gasteiger charge is -2.15. The number of carboxylic acids is 1. The molecule has 0 aliphatic carbocycles. The zero-order chi connectivity index (χ0) is 15.7. The lowest BCUT2D eigenvalue weighted by atomic mass is 10.2. The number of urea groups is 1. The van der Waals surface area contributed by atoms with Gasteiger partial charge in [0.05, 0.1) is 6.61 Å². The highest BCUT2D eigenvalue weighted by atomic mass is 16.5. The molecule has 1 aromatic rings. The topological polar surface area (TPSA) is 96.9 Å². The SMILES string of the molecule is CCOc1cccc(NC(=O)NC(CCOC)C(=O)O)c1. The Bertz CT molecular complexity index is 478. The van der Waals surface area contributed by atoms with Gasteiger partial charge >= 0.3 is 12.0 Å². The molecule has 1 unspecified atom stereocenters. The molecule has 2 amide bonds. The molecule has 1 rings (SSSR count). The van der Waals surface area contributed by atoms with Crippen LogP contribution in [-0.4, -0.2) is 43.5 Å². The Balaban J connectivity index is 2.58. The molecule has 0 aliphatic heterocycles. The minimum Gasteiger partial charge on any atom is -0.494 e. The van der Waals surface area contributed by atoms with Crippen molar-refractivity contribution in [1.29, 1.82) is 0 Å². The van der Waals surface area contributed by atoms with Gasteiger partial charge in [0.25, 0.3) is 0 Å². The molecular weight excluding hydrogens is 276 g/mol. The second-order valence-corrected chi connectivity index (χ2v) is 4.23. The molecule has 0 aliphatic rings. The number of rotatable bonds is 8. The first-order chi connectivity index (χ1) is 10.1. The molecule has 116 valence electrons. The quantitative estimate of drug-likeness (QED) is 0.678. The molecule has 0 fully saturated rings. The van der Waals surface area contributed by atoms with Crippen LogP contribution >= 0.6 is 0 Å². The van der Waals surface area contributed by atoms with Gasteiger partial charge in [-0.2, -0.15) is 0 Å². The summed E-state index contributed by atoms with van der Waals surface area (Å²) in [4.78, 5) is 22.8. The molecule has 0 saturated carbocycles. The summed E-state index contributed by atoms with van der Waals surface area (Å²) in [6, 6.07) is 5.26. The number of benzene rings is 1. The second kappa shape index (κ2) is 8.80. The van der Waals surface area contributed by atoms with Crippen molar-refractivity contribution in [2.75, 3.05) is 25.6 Å². The summed E-state index contributed by atoms with van der Waals surface area (Å²) < 4.78 is 10.1. The van der Waals surface area contributed by atoms with Gasteiger partial charge in [-0.1, -0.05) is 6.07 Å². The predicted molar refractivity (Wildman–Crippen MR) is 77.7 cm³/mol. The number of carbonyl (C=O) groups is 2. The van der Waals surface area contributed by atoms with Crippen LogP contribution in [0.1, 0.15) is 13.3 Å². The monoisotopic (exact) mass is 296 g/mol. The van der Waals surface area contributed by atoms with E-state index in [4.69, 9.17) is 14.6 Å². The van der Waals surface area contributed by atoms with Gasteiger partial charge in [0.1, 0.15) is 11.8 Å². The average Bonchev–Trinajstić information content (AvgIpc) is 2.44. The van der Waals surface area contributed by atoms with Gasteiger partial charge in [0.15, 0.2) is 0 Å². The van der Waals surface area contributed by atoms with Gasteiger partial charge in [0, 0.05) is 31.9 Å². The Morgan fingerprint density at radius 2 is 2.14 bits per heavy atom. The fraction of sp³-hybridized carbons (Fsp3) is 0.429. The van der Waals surface area contributed by atoms with Gasteiger partial charge in [-0.3, -0.25) is 0 Å². The molecular formula is C14H20N2O5. The lowest BCUT2D eigenvalue weighted by Crippen LogP contribution is -2.43. The van der Waals surface area contributed by atoms with Crippen LogP contribution in [0.25, 0.3) is 0 Å². The van der Waals surface area contributed by atoms with Crippen molar-refractivity contribution in [2.45, 2.75) is 19.4 Å². The Hall–Kier alpha value is -2.28. The Morgan fingerprint density at radius 3 is 2.76 bits per heavy atom. The summed E-state index contributed by atoms with van der Waals surface area (Å²) >= 11 is 0. The number of amides is 2. The number of carboxylic acid groups (broad SMARTS) is 1. The highest BCUT2D eigenvalue weighted by Crippen LogP contribution is 2.17. The first-order valence-corrected chi connectivity index (χ1v) is 6.59. The van der Waals surface area contributed by atoms with Gasteiger partial charge < -0.3 is 25.2 Å². The zero-order valence-electron chi connectivity index (χ0n) is 12.1. The fourth-order valence-corrected chi connectivity index (χ4v) is 1.65. The molecule has 0 radical (unpaired) electrons. The van der Waals surface area contributed by atoms with Crippen LogP contribution in [0.15, 0.2) is 24.3 Å². The van der Waals surface area contributed by atoms with Crippen LogP contribution in [0.4, 0.5) is 10.5 Å². The molecule has 1 aromatic carbocycles. The maximum absolute atomic E-state index is 11.8. The Labute approximate surface area is 123 Å². The van der Waals surface area contributed by atoms with Crippen molar-refractivity contribution in [2.24, 2.45) is 0 Å². The molecule has 21 heavy (non-hydrogen) atoms. The first kappa shape index (κ1) is 16.8. The van der Waals surface area contributed by atoms with E-state index in [1.54, 1.807) is 24.3 Å². The molecule has 0 spiro atoms. The number of anilines is 1. The lowest BCUT2D eigenvalue weighted by molar-refractivity contribution is -0.139. The molecule has 7 heteroatoms. The van der Waals surface area contributed by atoms with E-state index in [9.17, 15) is 9.59 Å². The molecule has 3 N–H and O–H groups in total. The largest absolute Gasteiger partial charge is 0.494 e. The van der Waals surface area contributed by atoms with E-state index in [-0.39, 0.29) is 13.0 Å². The van der Waals surface area contributed by atoms with Crippen molar-refractivity contribution in [3.63, 3.8) is 0 Å². The molecule has 7 nitrogen and oxygen atoms in total. The summed E-state index contributed by atoms with van der Waals surface area (Å²) in [7, 11) is 1.47. The molecule has 0 saturated heterocycles. The second-order valence-electron chi connectivity index (χ2n) is 4.23. The number of hydrogen-bond acceptors (Lipinski definition) is 4. The van der Waals surface area contributed by atoms with Crippen LogP contribution in [0.3, 0.4) is 0 Å². The van der Waals surface area contributed by atoms with E-state index in [0.717, 1.165) is 0 Å². The number of carbonyl (C=O) groups excluding carboxylic acids is 1. The summed E-state index contributed by atoms with van der Waals surface area (Å²) in [5, 5.41) is 14.0. The van der Waals surface area contributed by atoms with Crippen LogP contribution < -0.4 is 15.4 Å². The number of nitrogens with one attached hydrogen (secondary N) is 2. The number of aliphatic carboxylic acids is 1. The third kappa shape index (κ3) is 6.13. The highest BCUT2D eigenvalue weighted by Gasteiger charge is 2.19. The van der Waals surface area contributed by atoms with Crippen molar-refractivity contribution in [1.82, 2.24) is 5.32 Å². The first-order valence-electron chi connectivity index (χ1n) is 6.59. The third-order valence-corrected chi connectivity index (χ3v) is 2.62. The summed E-state index contributed by atoms with van der Waals surface area (Å²) in [6.07, 6.45) is 0.193. The maximum atomic E-state index is 11.8. The van der Waals surface area contributed by atoms with Gasteiger partial charge in [0.2, 0.25) is 0 Å². The molecule has 0 aromatic heterocycles. The molecule has 1 atom stereocenters. The van der Waals surface area contributed by atoms with Crippen LogP contribution in [-0.2, 0) is 9.53 Å². The van der Waals surface area contributed by atoms with E-state index >= 15 is 0 Å². The highest BCUT2D eigenvalue weighted by molar-refractivity contribution is 5.92. The fourth-order valence-electron chi connectivity index (χ4n) is 1.65. The molecule has 0 heterocycles. The van der Waals surface area contributed by atoms with Crippen molar-refractivity contribution >= 4 is 17.7 Å². The Kier molecular flexibility index (Phi) is 7.03. The van der Waals surface area contributed by atoms with Crippen molar-refractivity contribution < 1.29 is 24.2 Å². The van der Waals surface area contributed by atoms with E-state index in [1.807, 2.05) is 6.92 Å². The normalized spacial score (nSPS) is 11.5. The summed E-state index contributed by atoms with van der Waals surface area (Å²) in [5.41, 5.74) is 0.523. The number of ether oxygens (including phenoxy) is 2.